The highest BCUT2D eigenvalue weighted by molar-refractivity contribution is 7.19. The average molecular weight is 440 g/mol. The molecule has 1 aliphatic rings. The summed E-state index contributed by atoms with van der Waals surface area (Å²) >= 11 is 7.75. The van der Waals surface area contributed by atoms with Gasteiger partial charge in [0.15, 0.2) is 0 Å². The van der Waals surface area contributed by atoms with Gasteiger partial charge in [-0.15, -0.1) is 11.3 Å². The Bertz CT molecular complexity index is 1070. The van der Waals surface area contributed by atoms with Crippen LogP contribution in [0.5, 0.6) is 0 Å². The third-order valence-corrected chi connectivity index (χ3v) is 6.44. The van der Waals surface area contributed by atoms with Gasteiger partial charge in [-0.25, -0.2) is 4.98 Å². The first-order valence-electron chi connectivity index (χ1n) is 10.0. The number of halogens is 1. The van der Waals surface area contributed by atoms with Gasteiger partial charge in [-0.2, -0.15) is 0 Å². The van der Waals surface area contributed by atoms with E-state index >= 15 is 0 Å². The number of thiazole rings is 1. The molecule has 0 aliphatic heterocycles. The molecule has 2 amide bonds. The second-order valence-electron chi connectivity index (χ2n) is 7.35. The maximum absolute atomic E-state index is 12.6. The predicted molar refractivity (Wildman–Crippen MR) is 123 cm³/mol. The number of hydrogen-bond acceptors (Lipinski definition) is 4. The maximum atomic E-state index is 12.6. The van der Waals surface area contributed by atoms with Crippen LogP contribution in [0.1, 0.15) is 47.5 Å². The zero-order valence-electron chi connectivity index (χ0n) is 16.4. The Morgan fingerprint density at radius 1 is 1.10 bits per heavy atom. The number of nitrogens with zero attached hydrogens (tertiary/aromatic N) is 1. The fourth-order valence-electron chi connectivity index (χ4n) is 3.58. The number of carbonyl (C=O) groups excluding carboxylic acids is 2. The monoisotopic (exact) mass is 439 g/mol. The number of hydrogen-bond donors (Lipinski definition) is 2. The van der Waals surface area contributed by atoms with Crippen LogP contribution in [-0.4, -0.2) is 22.8 Å². The molecule has 0 spiro atoms. The molecule has 1 aromatic heterocycles. The third-order valence-electron chi connectivity index (χ3n) is 5.11. The molecule has 3 aromatic rings. The van der Waals surface area contributed by atoms with Crippen molar-refractivity contribution in [2.24, 2.45) is 0 Å². The van der Waals surface area contributed by atoms with Crippen LogP contribution in [0, 0.1) is 0 Å². The number of rotatable bonds is 5. The zero-order valence-corrected chi connectivity index (χ0v) is 17.9. The minimum absolute atomic E-state index is 0.192. The molecule has 7 heteroatoms. The summed E-state index contributed by atoms with van der Waals surface area (Å²) in [5.74, 6) is -0.497. The average Bonchev–Trinajstić information content (AvgIpc) is 3.17. The van der Waals surface area contributed by atoms with Crippen LogP contribution in [0.3, 0.4) is 0 Å². The van der Waals surface area contributed by atoms with Gasteiger partial charge in [0, 0.05) is 17.8 Å². The molecule has 2 N–H and O–H groups in total. The molecule has 0 saturated heterocycles. The molecule has 0 radical (unpaired) electrons. The number of benzene rings is 2. The number of fused-ring (bicyclic) bond motifs is 1. The van der Waals surface area contributed by atoms with E-state index in [1.807, 2.05) is 24.3 Å². The molecule has 0 atom stereocenters. The van der Waals surface area contributed by atoms with E-state index in [2.05, 4.69) is 15.6 Å². The largest absolute Gasteiger partial charge is 0.349 e. The lowest BCUT2D eigenvalue weighted by molar-refractivity contribution is -0.111. The van der Waals surface area contributed by atoms with Crippen LogP contribution in [-0.2, 0) is 4.79 Å². The summed E-state index contributed by atoms with van der Waals surface area (Å²) in [5, 5.41) is 6.97. The number of anilines is 1. The number of amides is 2. The number of para-hydroxylation sites is 1. The van der Waals surface area contributed by atoms with Crippen LogP contribution in [0.4, 0.5) is 5.69 Å². The van der Waals surface area contributed by atoms with Gasteiger partial charge in [0.1, 0.15) is 5.01 Å². The van der Waals surface area contributed by atoms with Crippen molar-refractivity contribution in [3.8, 4) is 0 Å². The van der Waals surface area contributed by atoms with Gasteiger partial charge < -0.3 is 10.6 Å². The Morgan fingerprint density at radius 2 is 1.90 bits per heavy atom. The Morgan fingerprint density at radius 3 is 2.70 bits per heavy atom. The van der Waals surface area contributed by atoms with Gasteiger partial charge in [-0.3, -0.25) is 9.59 Å². The van der Waals surface area contributed by atoms with Gasteiger partial charge >= 0.3 is 0 Å². The third kappa shape index (κ3) is 5.07. The normalized spacial score (nSPS) is 14.8. The van der Waals surface area contributed by atoms with E-state index in [-0.39, 0.29) is 17.9 Å². The lowest BCUT2D eigenvalue weighted by atomic mass is 9.95. The second-order valence-corrected chi connectivity index (χ2v) is 8.81. The van der Waals surface area contributed by atoms with Gasteiger partial charge in [0.25, 0.3) is 5.91 Å². The molecule has 1 aliphatic carbocycles. The highest BCUT2D eigenvalue weighted by atomic mass is 35.5. The lowest BCUT2D eigenvalue weighted by Crippen LogP contribution is -2.36. The van der Waals surface area contributed by atoms with E-state index < -0.39 is 0 Å². The summed E-state index contributed by atoms with van der Waals surface area (Å²) in [6.45, 7) is 0. The van der Waals surface area contributed by atoms with Crippen molar-refractivity contribution in [1.29, 1.82) is 0 Å². The lowest BCUT2D eigenvalue weighted by Gasteiger charge is -2.23. The summed E-state index contributed by atoms with van der Waals surface area (Å²) in [7, 11) is 0. The van der Waals surface area contributed by atoms with Crippen molar-refractivity contribution in [1.82, 2.24) is 10.3 Å². The molecule has 0 bridgehead atoms. The standard InChI is InChI=1S/C23H22ClN3O2S/c24-18-11-10-16(14-17(18)23(29)26-15-6-2-1-3-7-15)25-21(28)12-13-22-27-19-8-4-5-9-20(19)30-22/h4-5,8-15H,1-3,6-7H2,(H,25,28)(H,26,29). The Kier molecular flexibility index (Phi) is 6.45. The number of carbonyl (C=O) groups is 2. The highest BCUT2D eigenvalue weighted by Gasteiger charge is 2.18. The molecular formula is C23H22ClN3O2S. The van der Waals surface area contributed by atoms with Gasteiger partial charge in [0.2, 0.25) is 5.91 Å². The van der Waals surface area contributed by atoms with Crippen molar-refractivity contribution in [2.75, 3.05) is 5.32 Å². The summed E-state index contributed by atoms with van der Waals surface area (Å²) < 4.78 is 1.07. The van der Waals surface area contributed by atoms with E-state index in [4.69, 9.17) is 11.6 Å². The fraction of sp³-hybridized carbons (Fsp3) is 0.261. The van der Waals surface area contributed by atoms with E-state index in [9.17, 15) is 9.59 Å². The Hall–Kier alpha value is -2.70. The molecule has 1 fully saturated rings. The summed E-state index contributed by atoms with van der Waals surface area (Å²) in [6.07, 6.45) is 8.61. The quantitative estimate of drug-likeness (QED) is 0.503. The van der Waals surface area contributed by atoms with Crippen molar-refractivity contribution in [2.45, 2.75) is 38.1 Å². The SMILES string of the molecule is O=C(C=Cc1nc2ccccc2s1)Nc1ccc(Cl)c(C(=O)NC2CCCCC2)c1. The van der Waals surface area contributed by atoms with Gasteiger partial charge in [-0.1, -0.05) is 43.0 Å². The number of nitrogens with one attached hydrogen (secondary N) is 2. The van der Waals surface area contributed by atoms with Crippen molar-refractivity contribution in [3.63, 3.8) is 0 Å². The van der Waals surface area contributed by atoms with Crippen LogP contribution in [0.15, 0.2) is 48.5 Å². The van der Waals surface area contributed by atoms with Crippen LogP contribution in [0.2, 0.25) is 5.02 Å². The summed E-state index contributed by atoms with van der Waals surface area (Å²) in [4.78, 5) is 29.4. The molecule has 4 rings (SSSR count). The first-order chi connectivity index (χ1) is 14.6. The van der Waals surface area contributed by atoms with E-state index in [0.29, 0.717) is 16.3 Å². The van der Waals surface area contributed by atoms with E-state index in [1.165, 1.54) is 23.8 Å². The summed E-state index contributed by atoms with van der Waals surface area (Å²) in [6, 6.07) is 13.0. The minimum Gasteiger partial charge on any atom is -0.349 e. The molecule has 30 heavy (non-hydrogen) atoms. The molecule has 1 saturated carbocycles. The number of aromatic nitrogens is 1. The predicted octanol–water partition coefficient (Wildman–Crippen LogP) is 5.66. The van der Waals surface area contributed by atoms with E-state index in [1.54, 1.807) is 24.3 Å². The topological polar surface area (TPSA) is 71.1 Å². The van der Waals surface area contributed by atoms with Gasteiger partial charge in [-0.05, 0) is 49.2 Å². The Balaban J connectivity index is 1.41. The first-order valence-corrected chi connectivity index (χ1v) is 11.2. The van der Waals surface area contributed by atoms with Gasteiger partial charge in [0.05, 0.1) is 20.8 Å². The zero-order chi connectivity index (χ0) is 20.9. The first kappa shape index (κ1) is 20.6. The molecule has 154 valence electrons. The highest BCUT2D eigenvalue weighted by Crippen LogP contribution is 2.24. The summed E-state index contributed by atoms with van der Waals surface area (Å²) in [5.41, 5.74) is 1.80. The maximum Gasteiger partial charge on any atom is 0.253 e. The fourth-order valence-corrected chi connectivity index (χ4v) is 4.65. The minimum atomic E-state index is -0.296. The van der Waals surface area contributed by atoms with Crippen molar-refractivity contribution in [3.05, 3.63) is 64.1 Å². The van der Waals surface area contributed by atoms with Crippen LogP contribution in [0.25, 0.3) is 16.3 Å². The molecular weight excluding hydrogens is 418 g/mol. The van der Waals surface area contributed by atoms with E-state index in [0.717, 1.165) is 40.9 Å². The molecule has 5 nitrogen and oxygen atoms in total. The van der Waals surface area contributed by atoms with Crippen molar-refractivity contribution >= 4 is 56.7 Å². The second kappa shape index (κ2) is 9.41. The molecule has 1 heterocycles. The molecule has 0 unspecified atom stereocenters. The van der Waals surface area contributed by atoms with Crippen LogP contribution >= 0.6 is 22.9 Å². The molecule has 2 aromatic carbocycles. The van der Waals surface area contributed by atoms with Crippen LogP contribution < -0.4 is 10.6 Å². The van der Waals surface area contributed by atoms with Crippen molar-refractivity contribution < 1.29 is 9.59 Å². The Labute approximate surface area is 184 Å². The smallest absolute Gasteiger partial charge is 0.253 e.